The number of halogens is 1. The summed E-state index contributed by atoms with van der Waals surface area (Å²) in [7, 11) is 0. The van der Waals surface area contributed by atoms with E-state index in [2.05, 4.69) is 16.9 Å². The Morgan fingerprint density at radius 2 is 2.07 bits per heavy atom. The van der Waals surface area contributed by atoms with E-state index in [0.717, 1.165) is 9.75 Å². The standard InChI is InChI=1S/C19H18ClN3O2S3/c1-2-7-23(11-15-5-6-16(20)28-15)18(25)9-13-12-27-19(21-13)22-17(24)10-14-4-3-8-26-14/h2-6,8,12H,1,7,9-11H2,(H,21,22,24). The molecule has 3 rings (SSSR count). The molecule has 0 radical (unpaired) electrons. The normalized spacial score (nSPS) is 10.6. The monoisotopic (exact) mass is 451 g/mol. The molecule has 2 amide bonds. The topological polar surface area (TPSA) is 62.3 Å². The van der Waals surface area contributed by atoms with E-state index in [-0.39, 0.29) is 18.2 Å². The minimum Gasteiger partial charge on any atom is -0.334 e. The summed E-state index contributed by atoms with van der Waals surface area (Å²) in [5.41, 5.74) is 0.639. The Labute approximate surface area is 180 Å². The number of rotatable bonds is 9. The van der Waals surface area contributed by atoms with Gasteiger partial charge >= 0.3 is 0 Å². The SMILES string of the molecule is C=CCN(Cc1ccc(Cl)s1)C(=O)Cc1csc(NC(=O)Cc2cccs2)n1. The smallest absolute Gasteiger partial charge is 0.231 e. The molecule has 3 heterocycles. The quantitative estimate of drug-likeness (QED) is 0.472. The Kier molecular flexibility index (Phi) is 7.38. The summed E-state index contributed by atoms with van der Waals surface area (Å²) >= 11 is 10.3. The van der Waals surface area contributed by atoms with Crippen molar-refractivity contribution < 1.29 is 9.59 Å². The van der Waals surface area contributed by atoms with Crippen LogP contribution in [0.25, 0.3) is 0 Å². The zero-order valence-corrected chi connectivity index (χ0v) is 18.1. The van der Waals surface area contributed by atoms with Crippen molar-refractivity contribution in [3.63, 3.8) is 0 Å². The summed E-state index contributed by atoms with van der Waals surface area (Å²) in [6.45, 7) is 4.66. The van der Waals surface area contributed by atoms with Crippen LogP contribution < -0.4 is 5.32 Å². The van der Waals surface area contributed by atoms with Crippen LogP contribution in [0, 0.1) is 0 Å². The van der Waals surface area contributed by atoms with Crippen molar-refractivity contribution in [3.05, 3.63) is 67.5 Å². The van der Waals surface area contributed by atoms with E-state index in [1.165, 1.54) is 22.7 Å². The molecule has 0 aromatic carbocycles. The largest absolute Gasteiger partial charge is 0.334 e. The highest BCUT2D eigenvalue weighted by Gasteiger charge is 2.17. The third kappa shape index (κ3) is 6.00. The molecule has 3 aromatic heterocycles. The lowest BCUT2D eigenvalue weighted by molar-refractivity contribution is -0.130. The molecule has 0 unspecified atom stereocenters. The van der Waals surface area contributed by atoms with Crippen LogP contribution in [0.4, 0.5) is 5.13 Å². The van der Waals surface area contributed by atoms with Crippen molar-refractivity contribution >= 4 is 62.6 Å². The first kappa shape index (κ1) is 20.7. The molecule has 5 nitrogen and oxygen atoms in total. The van der Waals surface area contributed by atoms with Gasteiger partial charge in [-0.1, -0.05) is 23.7 Å². The minimum atomic E-state index is -0.113. The molecule has 1 N–H and O–H groups in total. The summed E-state index contributed by atoms with van der Waals surface area (Å²) in [6, 6.07) is 7.58. The van der Waals surface area contributed by atoms with Gasteiger partial charge in [-0.25, -0.2) is 4.98 Å². The highest BCUT2D eigenvalue weighted by atomic mass is 35.5. The summed E-state index contributed by atoms with van der Waals surface area (Å²) < 4.78 is 0.698. The maximum absolute atomic E-state index is 12.7. The van der Waals surface area contributed by atoms with Crippen LogP contribution >= 0.6 is 45.6 Å². The van der Waals surface area contributed by atoms with Crippen molar-refractivity contribution in [1.82, 2.24) is 9.88 Å². The van der Waals surface area contributed by atoms with Gasteiger partial charge in [0.1, 0.15) is 0 Å². The molecule has 146 valence electrons. The van der Waals surface area contributed by atoms with E-state index in [1.54, 1.807) is 27.7 Å². The molecular formula is C19H18ClN3O2S3. The van der Waals surface area contributed by atoms with Crippen LogP contribution in [-0.2, 0) is 29.0 Å². The number of carbonyl (C=O) groups excluding carboxylic acids is 2. The number of hydrogen-bond acceptors (Lipinski definition) is 6. The van der Waals surface area contributed by atoms with Gasteiger partial charge < -0.3 is 10.2 Å². The van der Waals surface area contributed by atoms with Gasteiger partial charge in [0.25, 0.3) is 0 Å². The van der Waals surface area contributed by atoms with Crippen LogP contribution in [0.15, 0.2) is 47.7 Å². The van der Waals surface area contributed by atoms with E-state index < -0.39 is 0 Å². The molecule has 0 bridgehead atoms. The number of thiophene rings is 2. The number of carbonyl (C=O) groups is 2. The summed E-state index contributed by atoms with van der Waals surface area (Å²) in [5, 5.41) is 7.03. The highest BCUT2D eigenvalue weighted by Crippen LogP contribution is 2.23. The molecule has 0 aliphatic heterocycles. The zero-order chi connectivity index (χ0) is 19.9. The van der Waals surface area contributed by atoms with Crippen molar-refractivity contribution in [2.45, 2.75) is 19.4 Å². The van der Waals surface area contributed by atoms with Gasteiger partial charge in [0.2, 0.25) is 11.8 Å². The van der Waals surface area contributed by atoms with Crippen molar-refractivity contribution in [3.8, 4) is 0 Å². The number of nitrogens with one attached hydrogen (secondary N) is 1. The minimum absolute atomic E-state index is 0.0498. The van der Waals surface area contributed by atoms with Gasteiger partial charge in [0.05, 0.1) is 29.4 Å². The second kappa shape index (κ2) is 9.97. The molecule has 3 aromatic rings. The maximum atomic E-state index is 12.7. The average molecular weight is 452 g/mol. The number of aromatic nitrogens is 1. The lowest BCUT2D eigenvalue weighted by Gasteiger charge is -2.20. The van der Waals surface area contributed by atoms with Crippen LogP contribution in [0.2, 0.25) is 4.34 Å². The molecule has 0 spiro atoms. The van der Waals surface area contributed by atoms with E-state index in [4.69, 9.17) is 11.6 Å². The second-order valence-electron chi connectivity index (χ2n) is 5.89. The zero-order valence-electron chi connectivity index (χ0n) is 14.9. The molecule has 28 heavy (non-hydrogen) atoms. The van der Waals surface area contributed by atoms with Crippen LogP contribution in [0.1, 0.15) is 15.4 Å². The first-order valence-electron chi connectivity index (χ1n) is 8.43. The average Bonchev–Trinajstić information content (AvgIpc) is 3.38. The summed E-state index contributed by atoms with van der Waals surface area (Å²) in [4.78, 5) is 32.9. The summed E-state index contributed by atoms with van der Waals surface area (Å²) in [6.07, 6.45) is 2.19. The first-order chi connectivity index (χ1) is 13.5. The van der Waals surface area contributed by atoms with Crippen molar-refractivity contribution in [1.29, 1.82) is 0 Å². The Morgan fingerprint density at radius 1 is 1.21 bits per heavy atom. The molecular weight excluding hydrogens is 434 g/mol. The molecule has 0 aliphatic carbocycles. The van der Waals surface area contributed by atoms with Gasteiger partial charge in [-0.3, -0.25) is 9.59 Å². The molecule has 9 heteroatoms. The predicted octanol–water partition coefficient (Wildman–Crippen LogP) is 4.86. The van der Waals surface area contributed by atoms with Crippen LogP contribution in [0.5, 0.6) is 0 Å². The number of anilines is 1. The van der Waals surface area contributed by atoms with Crippen LogP contribution in [0.3, 0.4) is 0 Å². The van der Waals surface area contributed by atoms with Crippen LogP contribution in [-0.4, -0.2) is 28.2 Å². The lowest BCUT2D eigenvalue weighted by atomic mass is 10.3. The predicted molar refractivity (Wildman–Crippen MR) is 117 cm³/mol. The Bertz CT molecular complexity index is 949. The van der Waals surface area contributed by atoms with Gasteiger partial charge in [0, 0.05) is 21.7 Å². The third-order valence-corrected chi connectivity index (χ3v) is 6.62. The van der Waals surface area contributed by atoms with E-state index in [0.29, 0.717) is 34.7 Å². The molecule has 0 saturated carbocycles. The molecule has 0 atom stereocenters. The van der Waals surface area contributed by atoms with Gasteiger partial charge in [0.15, 0.2) is 5.13 Å². The van der Waals surface area contributed by atoms with Gasteiger partial charge in [-0.2, -0.15) is 0 Å². The second-order valence-corrected chi connectivity index (χ2v) is 9.58. The van der Waals surface area contributed by atoms with Gasteiger partial charge in [-0.05, 0) is 23.6 Å². The fraction of sp³-hybridized carbons (Fsp3) is 0.211. The van der Waals surface area contributed by atoms with E-state index in [9.17, 15) is 9.59 Å². The Morgan fingerprint density at radius 3 is 2.75 bits per heavy atom. The fourth-order valence-corrected chi connectivity index (χ4v) is 5.02. The number of amides is 2. The van der Waals surface area contributed by atoms with Crippen molar-refractivity contribution in [2.24, 2.45) is 0 Å². The van der Waals surface area contributed by atoms with E-state index >= 15 is 0 Å². The lowest BCUT2D eigenvalue weighted by Crippen LogP contribution is -2.31. The number of thiazole rings is 1. The Balaban J connectivity index is 1.56. The van der Waals surface area contributed by atoms with Gasteiger partial charge in [-0.15, -0.1) is 40.6 Å². The van der Waals surface area contributed by atoms with Crippen molar-refractivity contribution in [2.75, 3.05) is 11.9 Å². The number of hydrogen-bond donors (Lipinski definition) is 1. The number of nitrogens with zero attached hydrogens (tertiary/aromatic N) is 2. The fourth-order valence-electron chi connectivity index (χ4n) is 2.48. The summed E-state index contributed by atoms with van der Waals surface area (Å²) in [5.74, 6) is -0.163. The highest BCUT2D eigenvalue weighted by molar-refractivity contribution is 7.16. The molecule has 0 saturated heterocycles. The maximum Gasteiger partial charge on any atom is 0.231 e. The van der Waals surface area contributed by atoms with E-state index in [1.807, 2.05) is 29.6 Å². The third-order valence-electron chi connectivity index (χ3n) is 3.72. The molecule has 0 aliphatic rings. The first-order valence-corrected chi connectivity index (χ1v) is 11.4. The molecule has 0 fully saturated rings. The Hall–Kier alpha value is -2.00.